The number of nitrogens with zero attached hydrogens (tertiary/aromatic N) is 5. The number of benzene rings is 2. The highest BCUT2D eigenvalue weighted by Gasteiger charge is 2.47. The van der Waals surface area contributed by atoms with Crippen LogP contribution in [-0.2, 0) is 0 Å². The molecule has 252 valence electrons. The lowest BCUT2D eigenvalue weighted by Crippen LogP contribution is -2.50. The number of hydrogen-bond donors (Lipinski definition) is 2. The maximum absolute atomic E-state index is 17.0. The van der Waals surface area contributed by atoms with E-state index in [1.54, 1.807) is 4.90 Å². The molecular weight excluding hydrogens is 623 g/mol. The number of fused-ring (bicyclic) bond motifs is 3. The lowest BCUT2D eigenvalue weighted by Gasteiger charge is -2.44. The van der Waals surface area contributed by atoms with Gasteiger partial charge in [0.25, 0.3) is 0 Å². The van der Waals surface area contributed by atoms with Gasteiger partial charge in [-0.2, -0.15) is 9.97 Å². The lowest BCUT2D eigenvalue weighted by molar-refractivity contribution is 0.00287. The van der Waals surface area contributed by atoms with Crippen LogP contribution in [0.2, 0.25) is 0 Å². The Morgan fingerprint density at radius 3 is 2.62 bits per heavy atom. The molecule has 1 aliphatic carbocycles. The fraction of sp³-hybridized carbons (Fsp3) is 0.472. The molecule has 12 heteroatoms. The van der Waals surface area contributed by atoms with E-state index < -0.39 is 23.9 Å². The molecule has 1 saturated carbocycles. The Hall–Kier alpha value is -4.34. The molecule has 0 amide bonds. The zero-order chi connectivity index (χ0) is 33.8. The summed E-state index contributed by atoms with van der Waals surface area (Å²) >= 11 is 0. The maximum Gasteiger partial charge on any atom is 0.319 e. The molecule has 2 aromatic carbocycles. The topological polar surface area (TPSA) is 104 Å². The number of methoxy groups -OCH3 is 1. The molecule has 2 aromatic heterocycles. The molecule has 48 heavy (non-hydrogen) atoms. The zero-order valence-corrected chi connectivity index (χ0v) is 27.0. The molecule has 0 spiro atoms. The highest BCUT2D eigenvalue weighted by Crippen LogP contribution is 2.48. The fourth-order valence-electron chi connectivity index (χ4n) is 8.26. The first-order valence-electron chi connectivity index (χ1n) is 16.3. The van der Waals surface area contributed by atoms with E-state index in [-0.39, 0.29) is 74.9 Å². The first-order valence-corrected chi connectivity index (χ1v) is 16.3. The van der Waals surface area contributed by atoms with Gasteiger partial charge in [-0.3, -0.25) is 0 Å². The van der Waals surface area contributed by atoms with Gasteiger partial charge in [-0.1, -0.05) is 18.4 Å². The largest absolute Gasteiger partial charge is 0.508 e. The van der Waals surface area contributed by atoms with Crippen LogP contribution in [-0.4, -0.2) is 88.8 Å². The standard InChI is InChI=1S/C36H38F3N5O4/c1-4-23-25(38)10-9-21-16-22(45)17-24(27(21)23)30-29(39)31-28(33(40-30)47-3)32(44-15-7-13-36(46,18-37)19-44)42-34(41-31)48-20-35-11-5-8-26(35)43(2)14-6-12-35/h1,9-10,16-17,26,45-46H,5-8,11-15,18-20H2,2-3H3. The number of aromatic hydroxyl groups is 1. The van der Waals surface area contributed by atoms with Crippen molar-refractivity contribution >= 4 is 27.5 Å². The molecule has 0 bridgehead atoms. The number of rotatable bonds is 7. The fourth-order valence-corrected chi connectivity index (χ4v) is 8.26. The summed E-state index contributed by atoms with van der Waals surface area (Å²) < 4.78 is 58.1. The van der Waals surface area contributed by atoms with E-state index in [2.05, 4.69) is 27.8 Å². The molecule has 2 saturated heterocycles. The number of piperidine rings is 2. The summed E-state index contributed by atoms with van der Waals surface area (Å²) in [5, 5.41) is 22.2. The van der Waals surface area contributed by atoms with Gasteiger partial charge in [0.2, 0.25) is 5.88 Å². The number of β-amino-alcohol motifs (C(OH)–C–C–N with tert-alkyl or cyclic N) is 1. The summed E-state index contributed by atoms with van der Waals surface area (Å²) in [6.07, 6.45) is 11.6. The van der Waals surface area contributed by atoms with Crippen molar-refractivity contribution < 1.29 is 32.9 Å². The van der Waals surface area contributed by atoms with Crippen LogP contribution in [0.25, 0.3) is 32.9 Å². The number of aliphatic hydroxyl groups is 1. The van der Waals surface area contributed by atoms with Gasteiger partial charge >= 0.3 is 6.01 Å². The minimum absolute atomic E-state index is 0.0421. The number of ether oxygens (including phenoxy) is 2. The molecule has 4 aromatic rings. The van der Waals surface area contributed by atoms with Crippen LogP contribution in [0.15, 0.2) is 24.3 Å². The first kappa shape index (κ1) is 32.2. The van der Waals surface area contributed by atoms with Crippen molar-refractivity contribution in [2.45, 2.75) is 56.6 Å². The van der Waals surface area contributed by atoms with Gasteiger partial charge < -0.3 is 29.5 Å². The monoisotopic (exact) mass is 661 g/mol. The Kier molecular flexibility index (Phi) is 8.24. The Bertz CT molecular complexity index is 1950. The quantitative estimate of drug-likeness (QED) is 0.239. The summed E-state index contributed by atoms with van der Waals surface area (Å²) in [6.45, 7) is 0.699. The van der Waals surface area contributed by atoms with Gasteiger partial charge in [-0.05, 0) is 75.7 Å². The van der Waals surface area contributed by atoms with E-state index in [4.69, 9.17) is 20.9 Å². The molecule has 3 fully saturated rings. The van der Waals surface area contributed by atoms with Crippen molar-refractivity contribution in [3.05, 3.63) is 41.5 Å². The van der Waals surface area contributed by atoms with Gasteiger partial charge in [0.15, 0.2) is 5.82 Å². The number of aromatic nitrogens is 3. The number of anilines is 1. The van der Waals surface area contributed by atoms with E-state index in [9.17, 15) is 19.0 Å². The second-order valence-corrected chi connectivity index (χ2v) is 13.5. The number of hydrogen-bond acceptors (Lipinski definition) is 9. The van der Waals surface area contributed by atoms with Crippen LogP contribution >= 0.6 is 0 Å². The number of terminal acetylenes is 1. The van der Waals surface area contributed by atoms with Crippen molar-refractivity contribution in [2.24, 2.45) is 5.41 Å². The zero-order valence-electron chi connectivity index (χ0n) is 27.0. The van der Waals surface area contributed by atoms with Crippen LogP contribution in [0.1, 0.15) is 50.5 Å². The molecule has 3 atom stereocenters. The first-order chi connectivity index (χ1) is 23.1. The smallest absolute Gasteiger partial charge is 0.319 e. The van der Waals surface area contributed by atoms with Crippen molar-refractivity contribution in [3.63, 3.8) is 0 Å². The van der Waals surface area contributed by atoms with Gasteiger partial charge in [0.05, 0.1) is 25.8 Å². The van der Waals surface area contributed by atoms with Crippen LogP contribution in [0.5, 0.6) is 17.6 Å². The molecule has 3 aliphatic rings. The summed E-state index contributed by atoms with van der Waals surface area (Å²) in [5.74, 6) is 0.686. The predicted molar refractivity (Wildman–Crippen MR) is 176 cm³/mol. The molecule has 3 unspecified atom stereocenters. The summed E-state index contributed by atoms with van der Waals surface area (Å²) in [4.78, 5) is 17.9. The van der Waals surface area contributed by atoms with Crippen LogP contribution in [0.3, 0.4) is 0 Å². The molecule has 2 aliphatic heterocycles. The second-order valence-electron chi connectivity index (χ2n) is 13.5. The minimum Gasteiger partial charge on any atom is -0.508 e. The van der Waals surface area contributed by atoms with E-state index in [0.717, 1.165) is 38.6 Å². The molecule has 0 radical (unpaired) electrons. The normalized spacial score (nSPS) is 24.5. The van der Waals surface area contributed by atoms with Crippen LogP contribution in [0, 0.1) is 29.4 Å². The van der Waals surface area contributed by atoms with Crippen LogP contribution in [0.4, 0.5) is 19.0 Å². The number of halogens is 3. The molecule has 4 heterocycles. The highest BCUT2D eigenvalue weighted by molar-refractivity contribution is 6.04. The number of alkyl halides is 1. The highest BCUT2D eigenvalue weighted by atomic mass is 19.1. The second kappa shape index (κ2) is 12.3. The number of phenols is 1. The summed E-state index contributed by atoms with van der Waals surface area (Å²) in [7, 11) is 3.49. The Balaban J connectivity index is 1.43. The van der Waals surface area contributed by atoms with E-state index in [0.29, 0.717) is 31.0 Å². The molecule has 2 N–H and O–H groups in total. The number of pyridine rings is 1. The Labute approximate surface area is 276 Å². The van der Waals surface area contributed by atoms with E-state index >= 15 is 4.39 Å². The van der Waals surface area contributed by atoms with E-state index in [1.165, 1.54) is 31.4 Å². The van der Waals surface area contributed by atoms with Gasteiger partial charge in [-0.15, -0.1) is 6.42 Å². The van der Waals surface area contributed by atoms with Crippen LogP contribution < -0.4 is 14.4 Å². The van der Waals surface area contributed by atoms with Crippen molar-refractivity contribution in [1.82, 2.24) is 19.9 Å². The molecule has 7 rings (SSSR count). The van der Waals surface area contributed by atoms with Crippen molar-refractivity contribution in [1.29, 1.82) is 0 Å². The van der Waals surface area contributed by atoms with Gasteiger partial charge in [0, 0.05) is 29.0 Å². The predicted octanol–water partition coefficient (Wildman–Crippen LogP) is 5.76. The molecular formula is C36H38F3N5O4. The summed E-state index contributed by atoms with van der Waals surface area (Å²) in [6, 6.07) is 5.58. The average Bonchev–Trinajstić information content (AvgIpc) is 3.53. The SMILES string of the molecule is C#Cc1c(F)ccc2cc(O)cc(-c3nc(OC)c4c(N5CCCC(O)(CF)C5)nc(OCC56CCCC5N(C)CCC6)nc4c3F)c12. The third-order valence-electron chi connectivity index (χ3n) is 10.5. The summed E-state index contributed by atoms with van der Waals surface area (Å²) in [5.41, 5.74) is -2.25. The molecule has 9 nitrogen and oxygen atoms in total. The minimum atomic E-state index is -1.62. The van der Waals surface area contributed by atoms with Gasteiger partial charge in [0.1, 0.15) is 46.3 Å². The average molecular weight is 662 g/mol. The Morgan fingerprint density at radius 2 is 1.85 bits per heavy atom. The van der Waals surface area contributed by atoms with Crippen molar-refractivity contribution in [2.75, 3.05) is 52.0 Å². The Morgan fingerprint density at radius 1 is 1.06 bits per heavy atom. The van der Waals surface area contributed by atoms with E-state index in [1.807, 2.05) is 0 Å². The van der Waals surface area contributed by atoms with Crippen molar-refractivity contribution in [3.8, 4) is 41.2 Å². The number of phenolic OH excluding ortho intramolecular Hbond substituents is 1. The van der Waals surface area contributed by atoms with Gasteiger partial charge in [-0.25, -0.2) is 18.2 Å². The maximum atomic E-state index is 17.0. The third kappa shape index (κ3) is 5.33. The third-order valence-corrected chi connectivity index (χ3v) is 10.5. The lowest BCUT2D eigenvalue weighted by atomic mass is 9.76. The number of likely N-dealkylation sites (tertiary alicyclic amines) is 1.